The summed E-state index contributed by atoms with van der Waals surface area (Å²) in [6, 6.07) is 0. The molecule has 0 aliphatic heterocycles. The molecule has 0 heterocycles. The van der Waals surface area contributed by atoms with Crippen molar-refractivity contribution in [1.82, 2.24) is 0 Å². The van der Waals surface area contributed by atoms with Crippen LogP contribution in [0.15, 0.2) is 0 Å². The fourth-order valence-electron chi connectivity index (χ4n) is 1.24. The smallest absolute Gasteiger partial charge is 0.138 e. The van der Waals surface area contributed by atoms with E-state index in [1.54, 1.807) is 0 Å². The first-order valence-corrected chi connectivity index (χ1v) is 13.2. The Balaban J connectivity index is 4.95. The van der Waals surface area contributed by atoms with Gasteiger partial charge in [0.1, 0.15) is 8.07 Å². The van der Waals surface area contributed by atoms with E-state index in [2.05, 4.69) is 73.7 Å². The van der Waals surface area contributed by atoms with Crippen molar-refractivity contribution in [1.29, 1.82) is 0 Å². The van der Waals surface area contributed by atoms with Gasteiger partial charge in [0.05, 0.1) is 0 Å². The lowest BCUT2D eigenvalue weighted by Gasteiger charge is -2.27. The van der Waals surface area contributed by atoms with E-state index in [0.29, 0.717) is 11.1 Å². The molecule has 82 valence electrons. The van der Waals surface area contributed by atoms with E-state index >= 15 is 0 Å². The maximum atomic E-state index is 3.95. The summed E-state index contributed by atoms with van der Waals surface area (Å²) >= 11 is 3.95. The summed E-state index contributed by atoms with van der Waals surface area (Å²) in [4.78, 5) is 0. The van der Waals surface area contributed by atoms with Crippen molar-refractivity contribution in [2.75, 3.05) is 0 Å². The first kappa shape index (κ1) is 14.5. The fourth-order valence-corrected chi connectivity index (χ4v) is 6.31. The zero-order valence-corrected chi connectivity index (χ0v) is 14.1. The summed E-state index contributed by atoms with van der Waals surface area (Å²) in [6.07, 6.45) is 0. The highest BCUT2D eigenvalue weighted by Gasteiger charge is 2.36. The Morgan fingerprint density at radius 3 is 1.43 bits per heavy atom. The summed E-state index contributed by atoms with van der Waals surface area (Å²) in [5.41, 5.74) is 8.50. The summed E-state index contributed by atoms with van der Waals surface area (Å²) in [5, 5.41) is 0. The van der Waals surface area contributed by atoms with Crippen molar-refractivity contribution >= 4 is 30.1 Å². The number of rotatable bonds is 2. The van der Waals surface area contributed by atoms with Crippen LogP contribution in [0.4, 0.5) is 0 Å². The third-order valence-electron chi connectivity index (χ3n) is 2.31. The van der Waals surface area contributed by atoms with E-state index in [9.17, 15) is 0 Å². The lowest BCUT2D eigenvalue weighted by atomic mass is 10.5. The molecule has 0 N–H and O–H groups in total. The predicted molar refractivity (Wildman–Crippen MR) is 76.0 cm³/mol. The number of halogens is 1. The molecule has 0 amide bonds. The van der Waals surface area contributed by atoms with Crippen LogP contribution in [0.3, 0.4) is 0 Å². The molecule has 0 spiro atoms. The molecule has 0 unspecified atom stereocenters. The second-order valence-electron chi connectivity index (χ2n) is 5.58. The molecule has 3 heteroatoms. The Morgan fingerprint density at radius 1 is 0.857 bits per heavy atom. The SMILES string of the molecule is CC(C)[Si](Br)(C#C[Si](C)(C)C)C(C)C. The highest BCUT2D eigenvalue weighted by molar-refractivity contribution is 9.26. The van der Waals surface area contributed by atoms with E-state index < -0.39 is 14.8 Å². The minimum atomic E-state index is -1.53. The van der Waals surface area contributed by atoms with Crippen molar-refractivity contribution in [3.63, 3.8) is 0 Å². The third-order valence-corrected chi connectivity index (χ3v) is 13.4. The molecule has 0 bridgehead atoms. The molecule has 0 aromatic carbocycles. The van der Waals surface area contributed by atoms with Gasteiger partial charge in [0.2, 0.25) is 6.69 Å². The zero-order chi connectivity index (χ0) is 11.6. The second kappa shape index (κ2) is 5.00. The summed E-state index contributed by atoms with van der Waals surface area (Å²) in [6.45, 7) is 14.6. The van der Waals surface area contributed by atoms with Crippen molar-refractivity contribution in [3.05, 3.63) is 0 Å². The average Bonchev–Trinajstić information content (AvgIpc) is 1.97. The maximum absolute atomic E-state index is 3.95. The van der Waals surface area contributed by atoms with Crippen molar-refractivity contribution in [2.24, 2.45) is 0 Å². The van der Waals surface area contributed by atoms with Gasteiger partial charge in [-0.3, -0.25) is 0 Å². The highest BCUT2D eigenvalue weighted by atomic mass is 79.9. The Labute approximate surface area is 99.5 Å². The minimum absolute atomic E-state index is 0.686. The molecule has 0 radical (unpaired) electrons. The normalized spacial score (nSPS) is 13.0. The van der Waals surface area contributed by atoms with E-state index in [1.807, 2.05) is 0 Å². The standard InChI is InChI=1S/C11H23BrSi2/c1-10(2)14(12,11(3)4)9-8-13(5,6)7/h10-11H,1-7H3. The Bertz CT molecular complexity index is 232. The monoisotopic (exact) mass is 290 g/mol. The number of hydrogen-bond donors (Lipinski definition) is 0. The fraction of sp³-hybridized carbons (Fsp3) is 0.818. The van der Waals surface area contributed by atoms with Crippen LogP contribution in [-0.2, 0) is 0 Å². The topological polar surface area (TPSA) is 0 Å². The third kappa shape index (κ3) is 4.33. The quantitative estimate of drug-likeness (QED) is 0.397. The average molecular weight is 291 g/mol. The molecule has 0 aliphatic rings. The van der Waals surface area contributed by atoms with Crippen LogP contribution < -0.4 is 0 Å². The number of hydrogen-bond acceptors (Lipinski definition) is 0. The van der Waals surface area contributed by atoms with E-state index in [1.165, 1.54) is 0 Å². The van der Waals surface area contributed by atoms with E-state index in [4.69, 9.17) is 0 Å². The first-order valence-electron chi connectivity index (χ1n) is 5.33. The van der Waals surface area contributed by atoms with Crippen LogP contribution in [0.5, 0.6) is 0 Å². The molecule has 0 nitrogen and oxygen atoms in total. The molecule has 0 aliphatic carbocycles. The van der Waals surface area contributed by atoms with Crippen LogP contribution in [-0.4, -0.2) is 14.8 Å². The summed E-state index contributed by atoms with van der Waals surface area (Å²) in [5.74, 6) is 0. The van der Waals surface area contributed by atoms with Crippen LogP contribution in [0.1, 0.15) is 27.7 Å². The largest absolute Gasteiger partial charge is 0.212 e. The van der Waals surface area contributed by atoms with Gasteiger partial charge in [-0.25, -0.2) is 0 Å². The molecule has 0 atom stereocenters. The van der Waals surface area contributed by atoms with Gasteiger partial charge in [0.15, 0.2) is 0 Å². The first-order chi connectivity index (χ1) is 6.09. The predicted octanol–water partition coefficient (Wildman–Crippen LogP) is 4.57. The summed E-state index contributed by atoms with van der Waals surface area (Å²) < 4.78 is 0. The molecule has 0 aromatic rings. The van der Waals surface area contributed by atoms with Gasteiger partial charge in [-0.15, -0.1) is 26.4 Å². The zero-order valence-electron chi connectivity index (χ0n) is 10.5. The maximum Gasteiger partial charge on any atom is 0.212 e. The Morgan fingerprint density at radius 2 is 1.21 bits per heavy atom. The summed E-state index contributed by atoms with van der Waals surface area (Å²) in [7, 11) is -1.22. The van der Waals surface area contributed by atoms with Gasteiger partial charge in [0.25, 0.3) is 0 Å². The lowest BCUT2D eigenvalue weighted by Crippen LogP contribution is -2.33. The van der Waals surface area contributed by atoms with Gasteiger partial charge in [-0.05, 0) is 11.1 Å². The molecule has 0 aromatic heterocycles. The molecule has 0 rings (SSSR count). The molecule has 0 fully saturated rings. The minimum Gasteiger partial charge on any atom is -0.138 e. The van der Waals surface area contributed by atoms with Gasteiger partial charge in [-0.2, -0.15) is 0 Å². The second-order valence-corrected chi connectivity index (χ2v) is 18.4. The molecule has 14 heavy (non-hydrogen) atoms. The van der Waals surface area contributed by atoms with Crippen molar-refractivity contribution in [3.8, 4) is 11.1 Å². The van der Waals surface area contributed by atoms with Gasteiger partial charge >= 0.3 is 0 Å². The molecular formula is C11H23BrSi2. The van der Waals surface area contributed by atoms with Crippen molar-refractivity contribution < 1.29 is 0 Å². The van der Waals surface area contributed by atoms with E-state index in [0.717, 1.165) is 0 Å². The van der Waals surface area contributed by atoms with Crippen LogP contribution in [0, 0.1) is 11.1 Å². The van der Waals surface area contributed by atoms with Crippen LogP contribution in [0.2, 0.25) is 30.7 Å². The Hall–Kier alpha value is 0.474. The van der Waals surface area contributed by atoms with Gasteiger partial charge in [-0.1, -0.05) is 47.3 Å². The molecular weight excluding hydrogens is 268 g/mol. The van der Waals surface area contributed by atoms with Crippen LogP contribution in [0.25, 0.3) is 0 Å². The lowest BCUT2D eigenvalue weighted by molar-refractivity contribution is 0.947. The van der Waals surface area contributed by atoms with Crippen molar-refractivity contribution in [2.45, 2.75) is 58.4 Å². The Kier molecular flexibility index (Phi) is 5.17. The van der Waals surface area contributed by atoms with Gasteiger partial charge in [0, 0.05) is 0 Å². The molecule has 0 saturated carbocycles. The highest BCUT2D eigenvalue weighted by Crippen LogP contribution is 2.36. The molecule has 0 saturated heterocycles. The van der Waals surface area contributed by atoms with E-state index in [-0.39, 0.29) is 0 Å². The van der Waals surface area contributed by atoms with Gasteiger partial charge < -0.3 is 0 Å². The van der Waals surface area contributed by atoms with Crippen LogP contribution >= 0.6 is 15.3 Å².